The number of rotatable bonds is 7. The first kappa shape index (κ1) is 16.2. The van der Waals surface area contributed by atoms with Gasteiger partial charge in [-0.05, 0) is 32.7 Å². The molecule has 0 amide bonds. The van der Waals surface area contributed by atoms with Gasteiger partial charge in [-0.1, -0.05) is 20.8 Å². The van der Waals surface area contributed by atoms with Crippen LogP contribution in [0.5, 0.6) is 0 Å². The monoisotopic (exact) mass is 266 g/mol. The lowest BCUT2D eigenvalue weighted by Gasteiger charge is -2.36. The Morgan fingerprint density at radius 2 is 2.00 bits per heavy atom. The van der Waals surface area contributed by atoms with Crippen LogP contribution in [0.1, 0.15) is 52.1 Å². The fourth-order valence-electron chi connectivity index (χ4n) is 2.72. The van der Waals surface area contributed by atoms with E-state index in [1.807, 2.05) is 17.9 Å². The van der Waals surface area contributed by atoms with Gasteiger partial charge in [-0.25, -0.2) is 0 Å². The van der Waals surface area contributed by atoms with Crippen LogP contribution in [0.2, 0.25) is 0 Å². The Bertz CT molecular complexity index is 372. The van der Waals surface area contributed by atoms with Crippen molar-refractivity contribution < 1.29 is 0 Å². The van der Waals surface area contributed by atoms with Crippen molar-refractivity contribution in [2.75, 3.05) is 7.05 Å². The molecular weight excluding hydrogens is 236 g/mol. The van der Waals surface area contributed by atoms with Crippen molar-refractivity contribution >= 4 is 0 Å². The second-order valence-corrected chi connectivity index (χ2v) is 6.11. The second-order valence-electron chi connectivity index (χ2n) is 6.11. The molecule has 0 aliphatic heterocycles. The molecule has 0 saturated heterocycles. The number of hydrogen-bond donors (Lipinski definition) is 1. The Hall–Kier alpha value is -0.870. The minimum absolute atomic E-state index is 0.142. The average Bonchev–Trinajstić information content (AvgIpc) is 2.74. The molecule has 4 nitrogen and oxygen atoms in total. The maximum Gasteiger partial charge on any atom is 0.0538 e. The SMILES string of the molecule is CCC(N)C(c1cnn(C)c1)N(C)C(C)CC(C)C. The van der Waals surface area contributed by atoms with Gasteiger partial charge in [0, 0.05) is 30.9 Å². The zero-order valence-electron chi connectivity index (χ0n) is 13.3. The first-order chi connectivity index (χ1) is 8.86. The van der Waals surface area contributed by atoms with Crippen LogP contribution in [0.25, 0.3) is 0 Å². The first-order valence-corrected chi connectivity index (χ1v) is 7.32. The number of nitrogens with two attached hydrogens (primary N) is 1. The molecule has 0 spiro atoms. The molecule has 110 valence electrons. The van der Waals surface area contributed by atoms with Crippen LogP contribution < -0.4 is 5.73 Å². The molecule has 1 aromatic rings. The van der Waals surface area contributed by atoms with E-state index in [2.05, 4.69) is 50.9 Å². The number of nitrogens with zero attached hydrogens (tertiary/aromatic N) is 3. The van der Waals surface area contributed by atoms with E-state index in [1.54, 1.807) is 0 Å². The van der Waals surface area contributed by atoms with E-state index >= 15 is 0 Å². The molecule has 0 aliphatic carbocycles. The molecule has 1 aromatic heterocycles. The molecule has 0 radical (unpaired) electrons. The Labute approximate surface area is 118 Å². The predicted octanol–water partition coefficient (Wildman–Crippen LogP) is 2.56. The maximum atomic E-state index is 6.35. The summed E-state index contributed by atoms with van der Waals surface area (Å²) in [5.41, 5.74) is 7.57. The van der Waals surface area contributed by atoms with Gasteiger partial charge < -0.3 is 5.73 Å². The Kier molecular flexibility index (Phi) is 6.01. The van der Waals surface area contributed by atoms with Crippen molar-refractivity contribution in [2.45, 2.75) is 58.7 Å². The number of aromatic nitrogens is 2. The minimum atomic E-state index is 0.142. The van der Waals surface area contributed by atoms with Crippen molar-refractivity contribution in [3.05, 3.63) is 18.0 Å². The van der Waals surface area contributed by atoms with Crippen LogP contribution in [0.15, 0.2) is 12.4 Å². The highest BCUT2D eigenvalue weighted by Crippen LogP contribution is 2.27. The van der Waals surface area contributed by atoms with E-state index < -0.39 is 0 Å². The highest BCUT2D eigenvalue weighted by Gasteiger charge is 2.27. The third-order valence-electron chi connectivity index (χ3n) is 3.89. The number of likely N-dealkylation sites (N-methyl/N-ethyl adjacent to an activating group) is 1. The van der Waals surface area contributed by atoms with Gasteiger partial charge in [-0.2, -0.15) is 5.10 Å². The van der Waals surface area contributed by atoms with E-state index in [0.29, 0.717) is 12.0 Å². The summed E-state index contributed by atoms with van der Waals surface area (Å²) in [5.74, 6) is 0.699. The molecule has 1 heterocycles. The van der Waals surface area contributed by atoms with Gasteiger partial charge in [-0.15, -0.1) is 0 Å². The summed E-state index contributed by atoms with van der Waals surface area (Å²) in [6.45, 7) is 8.97. The third kappa shape index (κ3) is 4.32. The minimum Gasteiger partial charge on any atom is -0.326 e. The van der Waals surface area contributed by atoms with Gasteiger partial charge in [-0.3, -0.25) is 9.58 Å². The zero-order valence-corrected chi connectivity index (χ0v) is 13.3. The molecule has 0 saturated carbocycles. The lowest BCUT2D eigenvalue weighted by molar-refractivity contribution is 0.142. The third-order valence-corrected chi connectivity index (χ3v) is 3.89. The molecular formula is C15H30N4. The van der Waals surface area contributed by atoms with Gasteiger partial charge >= 0.3 is 0 Å². The molecule has 1 rings (SSSR count). The van der Waals surface area contributed by atoms with Crippen molar-refractivity contribution in [2.24, 2.45) is 18.7 Å². The van der Waals surface area contributed by atoms with E-state index in [-0.39, 0.29) is 12.1 Å². The molecule has 3 unspecified atom stereocenters. The summed E-state index contributed by atoms with van der Waals surface area (Å²) in [6.07, 6.45) is 6.18. The highest BCUT2D eigenvalue weighted by molar-refractivity contribution is 5.13. The van der Waals surface area contributed by atoms with Crippen LogP contribution in [0.4, 0.5) is 0 Å². The molecule has 0 aliphatic rings. The van der Waals surface area contributed by atoms with Crippen LogP contribution in [-0.4, -0.2) is 33.8 Å². The van der Waals surface area contributed by atoms with E-state index in [0.717, 1.165) is 6.42 Å². The van der Waals surface area contributed by atoms with Gasteiger partial charge in [0.2, 0.25) is 0 Å². The smallest absolute Gasteiger partial charge is 0.0538 e. The van der Waals surface area contributed by atoms with Crippen LogP contribution in [-0.2, 0) is 7.05 Å². The molecule has 0 fully saturated rings. The fourth-order valence-corrected chi connectivity index (χ4v) is 2.72. The molecule has 0 bridgehead atoms. The molecule has 4 heteroatoms. The quantitative estimate of drug-likeness (QED) is 0.825. The van der Waals surface area contributed by atoms with Crippen LogP contribution >= 0.6 is 0 Å². The van der Waals surface area contributed by atoms with Crippen LogP contribution in [0.3, 0.4) is 0 Å². The average molecular weight is 266 g/mol. The zero-order chi connectivity index (χ0) is 14.6. The maximum absolute atomic E-state index is 6.35. The van der Waals surface area contributed by atoms with Gasteiger partial charge in [0.15, 0.2) is 0 Å². The van der Waals surface area contributed by atoms with Gasteiger partial charge in [0.1, 0.15) is 0 Å². The Balaban J connectivity index is 2.91. The highest BCUT2D eigenvalue weighted by atomic mass is 15.3. The number of hydrogen-bond acceptors (Lipinski definition) is 3. The summed E-state index contributed by atoms with van der Waals surface area (Å²) >= 11 is 0. The fraction of sp³-hybridized carbons (Fsp3) is 0.800. The van der Waals surface area contributed by atoms with E-state index in [1.165, 1.54) is 12.0 Å². The summed E-state index contributed by atoms with van der Waals surface area (Å²) in [5, 5.41) is 4.29. The molecule has 0 aromatic carbocycles. The Morgan fingerprint density at radius 1 is 1.37 bits per heavy atom. The molecule has 19 heavy (non-hydrogen) atoms. The van der Waals surface area contributed by atoms with Crippen molar-refractivity contribution in [3.8, 4) is 0 Å². The van der Waals surface area contributed by atoms with E-state index in [9.17, 15) is 0 Å². The number of aryl methyl sites for hydroxylation is 1. The van der Waals surface area contributed by atoms with Crippen molar-refractivity contribution in [1.82, 2.24) is 14.7 Å². The largest absolute Gasteiger partial charge is 0.326 e. The standard InChI is InChI=1S/C15H30N4/c1-7-14(16)15(13-9-17-18(5)10-13)19(6)12(4)8-11(2)3/h9-12,14-15H,7-8,16H2,1-6H3. The summed E-state index contributed by atoms with van der Waals surface area (Å²) in [6, 6.07) is 0.902. The molecule has 3 atom stereocenters. The molecule has 2 N–H and O–H groups in total. The van der Waals surface area contributed by atoms with Crippen molar-refractivity contribution in [3.63, 3.8) is 0 Å². The first-order valence-electron chi connectivity index (χ1n) is 7.32. The van der Waals surface area contributed by atoms with Crippen molar-refractivity contribution in [1.29, 1.82) is 0 Å². The predicted molar refractivity (Wildman–Crippen MR) is 80.9 cm³/mol. The van der Waals surface area contributed by atoms with Crippen LogP contribution in [0, 0.1) is 5.92 Å². The lowest BCUT2D eigenvalue weighted by atomic mass is 9.95. The summed E-state index contributed by atoms with van der Waals surface area (Å²) < 4.78 is 1.85. The summed E-state index contributed by atoms with van der Waals surface area (Å²) in [4.78, 5) is 2.41. The second kappa shape index (κ2) is 7.06. The van der Waals surface area contributed by atoms with Gasteiger partial charge in [0.25, 0.3) is 0 Å². The summed E-state index contributed by atoms with van der Waals surface area (Å²) in [7, 11) is 4.13. The van der Waals surface area contributed by atoms with E-state index in [4.69, 9.17) is 5.73 Å². The Morgan fingerprint density at radius 3 is 2.42 bits per heavy atom. The van der Waals surface area contributed by atoms with Gasteiger partial charge in [0.05, 0.1) is 12.2 Å². The lowest BCUT2D eigenvalue weighted by Crippen LogP contribution is -2.43. The normalized spacial score (nSPS) is 16.9. The topological polar surface area (TPSA) is 47.1 Å².